The molecule has 6 atom stereocenters. The number of nitrogens with zero attached hydrogens (tertiary/aromatic N) is 2. The molecule has 4 aliphatic rings. The number of benzene rings is 1. The maximum atomic E-state index is 12.5. The largest absolute Gasteiger partial charge is 0.378 e. The summed E-state index contributed by atoms with van der Waals surface area (Å²) in [5.41, 5.74) is 6.78. The fraction of sp³-hybridized carbons (Fsp3) is 0.615. The van der Waals surface area contributed by atoms with E-state index in [9.17, 15) is 9.59 Å². The second-order valence-corrected chi connectivity index (χ2v) is 10.6. The molecule has 170 valence electrons. The Morgan fingerprint density at radius 3 is 2.25 bits per heavy atom. The molecule has 4 fully saturated rings. The van der Waals surface area contributed by atoms with Gasteiger partial charge in [0.2, 0.25) is 0 Å². The summed E-state index contributed by atoms with van der Waals surface area (Å²) in [6.07, 6.45) is 12.3. The molecule has 2 aliphatic heterocycles. The number of rotatable bonds is 4. The van der Waals surface area contributed by atoms with Crippen molar-refractivity contribution in [2.75, 3.05) is 13.2 Å². The summed E-state index contributed by atoms with van der Waals surface area (Å²) in [5, 5.41) is 0.820. The highest BCUT2D eigenvalue weighted by Gasteiger charge is 2.45. The van der Waals surface area contributed by atoms with Crippen molar-refractivity contribution in [1.29, 1.82) is 0 Å². The standard InChI is InChI=1S/C26H33N3O3/c27-26(31)25(30)23-13-28(24-7-2-1-6-22(23)24)18-11-20-14-32-15-21(12-18)29(20)19-9-16-4-3-5-17(8-16)10-19/h1-2,6-7,13,16-21H,3-5,8-12,14-15H2,(H2,27,31)/t16-,17+,18?,19?,20-,21+. The summed E-state index contributed by atoms with van der Waals surface area (Å²) in [7, 11) is 0. The molecule has 1 amide bonds. The molecule has 2 aromatic rings. The molecular weight excluding hydrogens is 402 g/mol. The first-order valence-electron chi connectivity index (χ1n) is 12.4. The molecular formula is C26H33N3O3. The van der Waals surface area contributed by atoms with E-state index in [0.29, 0.717) is 29.7 Å². The van der Waals surface area contributed by atoms with Crippen molar-refractivity contribution in [1.82, 2.24) is 9.47 Å². The Morgan fingerprint density at radius 1 is 0.875 bits per heavy atom. The molecule has 6 rings (SSSR count). The molecule has 1 aromatic heterocycles. The van der Waals surface area contributed by atoms with Crippen LogP contribution >= 0.6 is 0 Å². The van der Waals surface area contributed by atoms with Gasteiger partial charge in [0.05, 0.1) is 18.8 Å². The zero-order valence-electron chi connectivity index (χ0n) is 18.6. The highest BCUT2D eigenvalue weighted by atomic mass is 16.5. The summed E-state index contributed by atoms with van der Waals surface area (Å²) in [4.78, 5) is 27.0. The number of fused-ring (bicyclic) bond motifs is 5. The lowest BCUT2D eigenvalue weighted by Gasteiger charge is -2.55. The summed E-state index contributed by atoms with van der Waals surface area (Å²) in [6, 6.07) is 9.73. The maximum absolute atomic E-state index is 12.5. The number of para-hydroxylation sites is 1. The minimum atomic E-state index is -0.893. The topological polar surface area (TPSA) is 77.6 Å². The predicted octanol–water partition coefficient (Wildman–Crippen LogP) is 3.68. The molecule has 2 saturated carbocycles. The first-order chi connectivity index (χ1) is 15.6. The first kappa shape index (κ1) is 20.4. The van der Waals surface area contributed by atoms with Gasteiger partial charge in [-0.15, -0.1) is 0 Å². The molecule has 0 spiro atoms. The van der Waals surface area contributed by atoms with Gasteiger partial charge in [-0.25, -0.2) is 0 Å². The Hall–Kier alpha value is -2.18. The van der Waals surface area contributed by atoms with Crippen LogP contribution in [0, 0.1) is 11.8 Å². The molecule has 1 aromatic carbocycles. The van der Waals surface area contributed by atoms with Crippen LogP contribution in [-0.2, 0) is 9.53 Å². The molecule has 32 heavy (non-hydrogen) atoms. The number of hydrogen-bond acceptors (Lipinski definition) is 4. The number of hydrogen-bond donors (Lipinski definition) is 1. The van der Waals surface area contributed by atoms with Crippen molar-refractivity contribution < 1.29 is 14.3 Å². The third kappa shape index (κ3) is 3.39. The van der Waals surface area contributed by atoms with Crippen LogP contribution in [0.15, 0.2) is 30.5 Å². The highest BCUT2D eigenvalue weighted by molar-refractivity contribution is 6.44. The van der Waals surface area contributed by atoms with E-state index in [0.717, 1.165) is 48.8 Å². The number of nitrogens with two attached hydrogens (primary N) is 1. The summed E-state index contributed by atoms with van der Waals surface area (Å²) < 4.78 is 8.27. The zero-order valence-corrected chi connectivity index (χ0v) is 18.6. The number of primary amides is 1. The maximum Gasteiger partial charge on any atom is 0.289 e. The van der Waals surface area contributed by atoms with Crippen LogP contribution in [0.4, 0.5) is 0 Å². The lowest BCUT2D eigenvalue weighted by molar-refractivity contribution is -0.118. The zero-order chi connectivity index (χ0) is 21.8. The van der Waals surface area contributed by atoms with Gasteiger partial charge in [-0.05, 0) is 50.0 Å². The molecule has 2 saturated heterocycles. The predicted molar refractivity (Wildman–Crippen MR) is 122 cm³/mol. The third-order valence-corrected chi connectivity index (χ3v) is 8.68. The second kappa shape index (κ2) is 7.99. The SMILES string of the molecule is NC(=O)C(=O)c1cn(C2C[C@H]3COC[C@@H](C2)N3C2C[C@H]3CCC[C@@H](C2)C3)c2ccccc12. The molecule has 0 radical (unpaired) electrons. The van der Waals surface area contributed by atoms with Gasteiger partial charge in [0.1, 0.15) is 0 Å². The van der Waals surface area contributed by atoms with E-state index in [2.05, 4.69) is 9.47 Å². The normalized spacial score (nSPS) is 35.0. The molecule has 2 aliphatic carbocycles. The lowest BCUT2D eigenvalue weighted by Crippen LogP contribution is -2.61. The summed E-state index contributed by atoms with van der Waals surface area (Å²) >= 11 is 0. The van der Waals surface area contributed by atoms with Crippen LogP contribution < -0.4 is 5.73 Å². The van der Waals surface area contributed by atoms with Gasteiger partial charge in [0.25, 0.3) is 11.7 Å². The number of morpholine rings is 1. The quantitative estimate of drug-likeness (QED) is 0.587. The number of ketones is 1. The fourth-order valence-electron chi connectivity index (χ4n) is 7.50. The third-order valence-electron chi connectivity index (χ3n) is 8.68. The van der Waals surface area contributed by atoms with Gasteiger partial charge in [0, 0.05) is 41.3 Å². The highest BCUT2D eigenvalue weighted by Crippen LogP contribution is 2.46. The monoisotopic (exact) mass is 435 g/mol. The van der Waals surface area contributed by atoms with Crippen LogP contribution in [0.1, 0.15) is 67.8 Å². The Kier molecular flexibility index (Phi) is 5.10. The lowest BCUT2D eigenvalue weighted by atomic mass is 9.69. The van der Waals surface area contributed by atoms with E-state index in [-0.39, 0.29) is 0 Å². The molecule has 2 N–H and O–H groups in total. The number of ether oxygens (including phenoxy) is 1. The van der Waals surface area contributed by atoms with Crippen LogP contribution in [-0.4, -0.2) is 52.5 Å². The Bertz CT molecular complexity index is 1020. The van der Waals surface area contributed by atoms with Crippen molar-refractivity contribution in [3.63, 3.8) is 0 Å². The van der Waals surface area contributed by atoms with Crippen molar-refractivity contribution in [2.24, 2.45) is 17.6 Å². The van der Waals surface area contributed by atoms with Crippen molar-refractivity contribution in [3.05, 3.63) is 36.0 Å². The minimum Gasteiger partial charge on any atom is -0.378 e. The molecule has 6 heteroatoms. The fourth-order valence-corrected chi connectivity index (χ4v) is 7.50. The van der Waals surface area contributed by atoms with Gasteiger partial charge in [0.15, 0.2) is 0 Å². The van der Waals surface area contributed by atoms with E-state index in [4.69, 9.17) is 10.5 Å². The number of Topliss-reactive ketones (excluding diaryl/α,β-unsaturated/α-hetero) is 1. The van der Waals surface area contributed by atoms with Crippen LogP contribution in [0.25, 0.3) is 10.9 Å². The molecule has 6 nitrogen and oxygen atoms in total. The smallest absolute Gasteiger partial charge is 0.289 e. The number of aromatic nitrogens is 1. The van der Waals surface area contributed by atoms with Crippen molar-refractivity contribution >= 4 is 22.6 Å². The molecule has 4 bridgehead atoms. The number of carbonyl (C=O) groups excluding carboxylic acids is 2. The van der Waals surface area contributed by atoms with Gasteiger partial charge < -0.3 is 15.0 Å². The Morgan fingerprint density at radius 2 is 1.56 bits per heavy atom. The number of carbonyl (C=O) groups is 2. The van der Waals surface area contributed by atoms with Gasteiger partial charge >= 0.3 is 0 Å². The van der Waals surface area contributed by atoms with Gasteiger partial charge in [-0.1, -0.05) is 37.5 Å². The van der Waals surface area contributed by atoms with Crippen molar-refractivity contribution in [3.8, 4) is 0 Å². The Labute approximate surface area is 189 Å². The molecule has 3 heterocycles. The summed E-state index contributed by atoms with van der Waals surface area (Å²) in [5.74, 6) is 0.343. The van der Waals surface area contributed by atoms with E-state index in [1.54, 1.807) is 0 Å². The van der Waals surface area contributed by atoms with Gasteiger partial charge in [-0.2, -0.15) is 0 Å². The Balaban J connectivity index is 1.30. The van der Waals surface area contributed by atoms with Gasteiger partial charge in [-0.3, -0.25) is 14.5 Å². The average Bonchev–Trinajstić information content (AvgIpc) is 3.17. The van der Waals surface area contributed by atoms with E-state index in [1.807, 2.05) is 30.5 Å². The van der Waals surface area contributed by atoms with E-state index < -0.39 is 11.7 Å². The van der Waals surface area contributed by atoms with Crippen LogP contribution in [0.3, 0.4) is 0 Å². The van der Waals surface area contributed by atoms with Crippen molar-refractivity contribution in [2.45, 2.75) is 75.5 Å². The van der Waals surface area contributed by atoms with Crippen LogP contribution in [0.2, 0.25) is 0 Å². The number of amides is 1. The van der Waals surface area contributed by atoms with E-state index >= 15 is 0 Å². The van der Waals surface area contributed by atoms with E-state index in [1.165, 1.54) is 38.5 Å². The molecule has 2 unspecified atom stereocenters. The average molecular weight is 436 g/mol. The minimum absolute atomic E-state index is 0.299. The first-order valence-corrected chi connectivity index (χ1v) is 12.4. The number of piperidine rings is 1. The van der Waals surface area contributed by atoms with Crippen LogP contribution in [0.5, 0.6) is 0 Å². The second-order valence-electron chi connectivity index (χ2n) is 10.6. The summed E-state index contributed by atoms with van der Waals surface area (Å²) in [6.45, 7) is 1.59.